The molecule has 0 spiro atoms. The van der Waals surface area contributed by atoms with E-state index in [0.29, 0.717) is 0 Å². The minimum atomic E-state index is -2.66. The summed E-state index contributed by atoms with van der Waals surface area (Å²) < 4.78 is 24.0. The predicted molar refractivity (Wildman–Crippen MR) is 164 cm³/mol. The highest BCUT2D eigenvalue weighted by Gasteiger charge is 2.67. The number of hydrogen-bond acceptors (Lipinski definition) is 19. The highest BCUT2D eigenvalue weighted by atomic mass is 16.8. The van der Waals surface area contributed by atoms with Crippen molar-refractivity contribution in [3.05, 3.63) is 12.2 Å². The van der Waals surface area contributed by atoms with Gasteiger partial charge in [0.05, 0.1) is 31.4 Å². The molecule has 23 nitrogen and oxygen atoms in total. The Labute approximate surface area is 277 Å². The number of guanidine groups is 1. The lowest BCUT2D eigenvalue weighted by Crippen LogP contribution is -2.71. The number of aromatic nitrogens is 4. The number of ether oxygens (including phenoxy) is 4. The van der Waals surface area contributed by atoms with Crippen LogP contribution in [0.3, 0.4) is 0 Å². The smallest absolute Gasteiger partial charge is 0.189 e. The molecule has 2 aromatic rings. The van der Waals surface area contributed by atoms with Gasteiger partial charge in [0, 0.05) is 0 Å². The van der Waals surface area contributed by atoms with E-state index in [1.165, 1.54) is 20.3 Å². The lowest BCUT2D eigenvalue weighted by molar-refractivity contribution is -0.332. The van der Waals surface area contributed by atoms with Crippen LogP contribution in [0.4, 0.5) is 5.82 Å². The van der Waals surface area contributed by atoms with E-state index < -0.39 is 109 Å². The zero-order chi connectivity index (χ0) is 36.0. The molecule has 272 valence electrons. The summed E-state index contributed by atoms with van der Waals surface area (Å²) in [7, 11) is 1.40. The first-order valence-electron chi connectivity index (χ1n) is 15.0. The van der Waals surface area contributed by atoms with Gasteiger partial charge in [-0.1, -0.05) is 0 Å². The van der Waals surface area contributed by atoms with Gasteiger partial charge in [0.25, 0.3) is 0 Å². The average Bonchev–Trinajstić information content (AvgIpc) is 3.64. The van der Waals surface area contributed by atoms with Crippen LogP contribution in [0.25, 0.3) is 11.2 Å². The third-order valence-electron chi connectivity index (χ3n) is 9.12. The Hall–Kier alpha value is -3.72. The number of likely N-dealkylation sites (N-methyl/N-ethyl adjacent to an activating group) is 1. The third kappa shape index (κ3) is 5.96. The van der Waals surface area contributed by atoms with Crippen LogP contribution in [-0.4, -0.2) is 173 Å². The van der Waals surface area contributed by atoms with Gasteiger partial charge in [-0.25, -0.2) is 19.9 Å². The van der Waals surface area contributed by atoms with Crippen molar-refractivity contribution in [3.8, 4) is 0 Å². The standard InChI is InChI=1S/C26H41N11O12/c1-7-25(45,4-39)18(48-21-10(31-2)13(41)12(40)8(3-38)47-21)22(46-7)49-26(23-36-19(28)11-20(37-23)34-6-33-11)16(35-24(29)30)14(42)9(32-5-27)15(43)17(26)44/h4-10,12-18,21-22,31,38,40-45H,3H2,1-2H3,(H2,27,32)(H4,29,30,35)(H3,28,33,34,36,37)/t7-,8-,9+,10?,12?,13?,14+,15-,16-,17+,18?,21?,22?,25+,26+/m0/s1. The Morgan fingerprint density at radius 2 is 1.84 bits per heavy atom. The maximum Gasteiger partial charge on any atom is 0.189 e. The molecule has 1 aliphatic carbocycles. The highest BCUT2D eigenvalue weighted by Crippen LogP contribution is 2.47. The number of H-pyrrole nitrogens is 1. The van der Waals surface area contributed by atoms with Gasteiger partial charge in [-0.05, 0) is 14.0 Å². The minimum absolute atomic E-state index is 0.0554. The number of rotatable bonds is 10. The van der Waals surface area contributed by atoms with Crippen molar-refractivity contribution < 1.29 is 59.5 Å². The molecule has 23 heteroatoms. The van der Waals surface area contributed by atoms with E-state index in [2.05, 4.69) is 35.2 Å². The van der Waals surface area contributed by atoms with E-state index in [1.54, 1.807) is 0 Å². The third-order valence-corrected chi connectivity index (χ3v) is 9.12. The molecule has 3 aliphatic rings. The van der Waals surface area contributed by atoms with Crippen molar-refractivity contribution >= 4 is 35.6 Å². The van der Waals surface area contributed by atoms with Crippen LogP contribution in [-0.2, 0) is 29.3 Å². The molecule has 0 aromatic carbocycles. The summed E-state index contributed by atoms with van der Waals surface area (Å²) in [6, 6.07) is -4.61. The minimum Gasteiger partial charge on any atom is -0.394 e. The van der Waals surface area contributed by atoms with Gasteiger partial charge in [0.2, 0.25) is 0 Å². The number of anilines is 1. The lowest BCUT2D eigenvalue weighted by atomic mass is 9.71. The number of aromatic amines is 1. The molecule has 3 fully saturated rings. The van der Waals surface area contributed by atoms with Gasteiger partial charge in [0.15, 0.2) is 53.3 Å². The molecule has 0 radical (unpaired) electrons. The van der Waals surface area contributed by atoms with Gasteiger partial charge in [-0.15, -0.1) is 0 Å². The number of aliphatic imine (C=N–C) groups is 2. The molecular formula is C26H41N11O12. The van der Waals surface area contributed by atoms with Crippen LogP contribution in [0, 0.1) is 0 Å². The summed E-state index contributed by atoms with van der Waals surface area (Å²) in [6.45, 7) is 0.536. The first-order chi connectivity index (χ1) is 23.2. The van der Waals surface area contributed by atoms with Crippen molar-refractivity contribution in [1.82, 2.24) is 25.3 Å². The maximum absolute atomic E-state index is 12.5. The molecule has 6 unspecified atom stereocenters. The van der Waals surface area contributed by atoms with Gasteiger partial charge in [0.1, 0.15) is 60.3 Å². The first kappa shape index (κ1) is 36.6. The molecule has 15 atom stereocenters. The molecule has 1 saturated carbocycles. The summed E-state index contributed by atoms with van der Waals surface area (Å²) in [5, 5.41) is 80.1. The van der Waals surface area contributed by atoms with Crippen molar-refractivity contribution in [3.63, 3.8) is 0 Å². The number of imidazole rings is 1. The quantitative estimate of drug-likeness (QED) is 0.0622. The van der Waals surface area contributed by atoms with E-state index in [-0.39, 0.29) is 23.3 Å². The molecule has 0 amide bonds. The maximum atomic E-state index is 12.5. The van der Waals surface area contributed by atoms with Crippen molar-refractivity contribution in [2.75, 3.05) is 19.4 Å². The normalized spacial score (nSPS) is 42.8. The number of aliphatic hydroxyl groups is 7. The molecule has 4 heterocycles. The molecule has 49 heavy (non-hydrogen) atoms. The largest absolute Gasteiger partial charge is 0.394 e. The fourth-order valence-corrected chi connectivity index (χ4v) is 6.45. The molecule has 0 bridgehead atoms. The van der Waals surface area contributed by atoms with Crippen molar-refractivity contribution in [2.24, 2.45) is 27.2 Å². The Morgan fingerprint density at radius 1 is 1.12 bits per heavy atom. The number of fused-ring (bicyclic) bond motifs is 1. The van der Waals surface area contributed by atoms with Gasteiger partial charge in [-0.2, -0.15) is 0 Å². The number of nitrogen functional groups attached to an aromatic ring is 1. The zero-order valence-electron chi connectivity index (χ0n) is 26.2. The molecular weight excluding hydrogens is 658 g/mol. The molecule has 2 aliphatic heterocycles. The summed E-state index contributed by atoms with van der Waals surface area (Å²) in [6.07, 6.45) is -15.4. The van der Waals surface area contributed by atoms with Crippen LogP contribution in [0.15, 0.2) is 16.3 Å². The Balaban J connectivity index is 1.69. The van der Waals surface area contributed by atoms with Crippen LogP contribution < -0.4 is 28.3 Å². The van der Waals surface area contributed by atoms with Gasteiger partial charge >= 0.3 is 0 Å². The Morgan fingerprint density at radius 3 is 2.45 bits per heavy atom. The van der Waals surface area contributed by atoms with E-state index >= 15 is 0 Å². The fourth-order valence-electron chi connectivity index (χ4n) is 6.45. The number of aldehydes is 1. The van der Waals surface area contributed by atoms with Gasteiger partial charge in [-0.3, -0.25) is 9.79 Å². The topological polar surface area (TPSA) is 391 Å². The number of carbonyl (C=O) groups excluding carboxylic acids is 1. The lowest BCUT2D eigenvalue weighted by Gasteiger charge is -2.51. The summed E-state index contributed by atoms with van der Waals surface area (Å²) >= 11 is 0. The Bertz CT molecular complexity index is 1550. The second-order valence-corrected chi connectivity index (χ2v) is 11.9. The first-order valence-corrected chi connectivity index (χ1v) is 15.0. The summed E-state index contributed by atoms with van der Waals surface area (Å²) in [5.41, 5.74) is 18.1. The van der Waals surface area contributed by atoms with Crippen molar-refractivity contribution in [1.29, 1.82) is 0 Å². The van der Waals surface area contributed by atoms with Gasteiger partial charge < -0.3 is 87.9 Å². The van der Waals surface area contributed by atoms with Crippen LogP contribution in [0.5, 0.6) is 0 Å². The van der Waals surface area contributed by atoms with E-state index in [9.17, 15) is 40.5 Å². The Kier molecular flexibility index (Phi) is 10.4. The zero-order valence-corrected chi connectivity index (χ0v) is 26.2. The van der Waals surface area contributed by atoms with Crippen LogP contribution >= 0.6 is 0 Å². The number of aliphatic hydroxyl groups excluding tert-OH is 6. The molecule has 2 saturated heterocycles. The second kappa shape index (κ2) is 13.9. The van der Waals surface area contributed by atoms with Crippen molar-refractivity contribution in [2.45, 2.75) is 97.7 Å². The number of nitrogens with two attached hydrogens (primary N) is 4. The number of nitrogens with zero attached hydrogens (tertiary/aromatic N) is 5. The molecule has 5 rings (SSSR count). The number of nitrogens with one attached hydrogen (secondary N) is 2. The average molecular weight is 700 g/mol. The second-order valence-electron chi connectivity index (χ2n) is 11.9. The van der Waals surface area contributed by atoms with E-state index in [4.69, 9.17) is 41.9 Å². The fraction of sp³-hybridized carbons (Fsp3) is 0.692. The number of carbonyl (C=O) groups is 1. The summed E-state index contributed by atoms with van der Waals surface area (Å²) in [5.74, 6) is -1.41. The van der Waals surface area contributed by atoms with E-state index in [0.717, 1.165) is 6.34 Å². The van der Waals surface area contributed by atoms with Crippen LogP contribution in [0.2, 0.25) is 0 Å². The van der Waals surface area contributed by atoms with Crippen LogP contribution in [0.1, 0.15) is 12.7 Å². The predicted octanol–water partition coefficient (Wildman–Crippen LogP) is -7.67. The SMILES string of the molecule is CNC1C(OC2C(O[C@@]3(c4nc(N)c5[nH]cnc5n4)[C@H](O)[C@@H](O)[C@H](N=CN)[C@@H](O)[C@@H]3N=C(N)N)O[C@@H](C)[C@]2(O)C=O)O[C@@H](CO)C(O)C1O. The molecule has 2 aromatic heterocycles. The van der Waals surface area contributed by atoms with E-state index in [1.807, 2.05) is 0 Å². The highest BCUT2D eigenvalue weighted by molar-refractivity contribution is 5.81. The molecule has 17 N–H and O–H groups in total. The monoisotopic (exact) mass is 699 g/mol. The summed E-state index contributed by atoms with van der Waals surface area (Å²) in [4.78, 5) is 35.9. The number of hydrogen-bond donors (Lipinski definition) is 13.